The Morgan fingerprint density at radius 1 is 0.881 bits per heavy atom. The van der Waals surface area contributed by atoms with Crippen molar-refractivity contribution in [2.24, 2.45) is 11.0 Å². The van der Waals surface area contributed by atoms with Crippen LogP contribution in [-0.4, -0.2) is 57.2 Å². The molecule has 1 heterocycles. The predicted octanol–water partition coefficient (Wildman–Crippen LogP) is 3.23. The van der Waals surface area contributed by atoms with Crippen molar-refractivity contribution in [2.75, 3.05) is 31.5 Å². The smallest absolute Gasteiger partial charge is 0.335 e. The van der Waals surface area contributed by atoms with Gasteiger partial charge in [-0.1, -0.05) is 11.6 Å². The first kappa shape index (κ1) is 29.6. The number of imide groups is 2. The Labute approximate surface area is 244 Å². The van der Waals surface area contributed by atoms with Crippen LogP contribution >= 0.6 is 11.6 Å². The van der Waals surface area contributed by atoms with Crippen molar-refractivity contribution in [3.05, 3.63) is 76.8 Å². The summed E-state index contributed by atoms with van der Waals surface area (Å²) in [5.74, 6) is -3.35. The summed E-state index contributed by atoms with van der Waals surface area (Å²) in [6.45, 7) is 0. The molecule has 1 aliphatic rings. The highest BCUT2D eigenvalue weighted by Crippen LogP contribution is 2.38. The topological polar surface area (TPSA) is 165 Å². The number of amides is 6. The van der Waals surface area contributed by atoms with E-state index in [2.05, 4.69) is 21.2 Å². The van der Waals surface area contributed by atoms with Crippen LogP contribution in [0.15, 0.2) is 65.8 Å². The van der Waals surface area contributed by atoms with E-state index in [1.54, 1.807) is 0 Å². The van der Waals surface area contributed by atoms with Crippen LogP contribution in [0.2, 0.25) is 5.02 Å². The maximum absolute atomic E-state index is 12.9. The van der Waals surface area contributed by atoms with Gasteiger partial charge in [0.15, 0.2) is 17.4 Å². The van der Waals surface area contributed by atoms with Crippen molar-refractivity contribution < 1.29 is 38.2 Å². The minimum absolute atomic E-state index is 0.176. The van der Waals surface area contributed by atoms with Crippen molar-refractivity contribution in [3.8, 4) is 17.2 Å². The average molecular weight is 594 g/mol. The fourth-order valence-electron chi connectivity index (χ4n) is 3.91. The van der Waals surface area contributed by atoms with E-state index in [4.69, 9.17) is 25.8 Å². The second kappa shape index (κ2) is 12.8. The number of urea groups is 1. The number of carbonyl (C=O) groups excluding carboxylic acids is 5. The highest BCUT2D eigenvalue weighted by atomic mass is 35.5. The van der Waals surface area contributed by atoms with Gasteiger partial charge < -0.3 is 19.5 Å². The zero-order valence-electron chi connectivity index (χ0n) is 22.5. The van der Waals surface area contributed by atoms with Crippen molar-refractivity contribution >= 4 is 58.9 Å². The molecule has 0 aromatic heterocycles. The van der Waals surface area contributed by atoms with Gasteiger partial charge in [0.05, 0.1) is 27.0 Å². The zero-order chi connectivity index (χ0) is 30.4. The normalized spacial score (nSPS) is 14.8. The van der Waals surface area contributed by atoms with E-state index in [0.717, 1.165) is 11.1 Å². The van der Waals surface area contributed by atoms with Crippen LogP contribution in [0, 0.1) is 5.92 Å². The number of methoxy groups -OCH3 is 3. The molecule has 0 radical (unpaired) electrons. The predicted molar refractivity (Wildman–Crippen MR) is 152 cm³/mol. The highest BCUT2D eigenvalue weighted by Gasteiger charge is 2.40. The number of halogens is 1. The average Bonchev–Trinajstić information content (AvgIpc) is 2.99. The number of ether oxygens (including phenoxy) is 3. The van der Waals surface area contributed by atoms with Gasteiger partial charge in [0, 0.05) is 28.1 Å². The molecule has 3 aromatic rings. The van der Waals surface area contributed by atoms with Crippen molar-refractivity contribution in [2.45, 2.75) is 0 Å². The van der Waals surface area contributed by atoms with Crippen LogP contribution in [-0.2, 0) is 9.59 Å². The summed E-state index contributed by atoms with van der Waals surface area (Å²) >= 11 is 5.86. The summed E-state index contributed by atoms with van der Waals surface area (Å²) in [7, 11) is 4.32. The van der Waals surface area contributed by atoms with E-state index < -0.39 is 35.6 Å². The monoisotopic (exact) mass is 593 g/mol. The lowest BCUT2D eigenvalue weighted by molar-refractivity contribution is -0.131. The molecule has 4 rings (SSSR count). The molecule has 3 aromatic carbocycles. The number of hydrazone groups is 1. The molecule has 1 atom stereocenters. The lowest BCUT2D eigenvalue weighted by Crippen LogP contribution is -2.58. The second-order valence-corrected chi connectivity index (χ2v) is 9.02. The van der Waals surface area contributed by atoms with Crippen LogP contribution in [0.1, 0.15) is 20.7 Å². The lowest BCUT2D eigenvalue weighted by Gasteiger charge is -2.28. The summed E-state index contributed by atoms with van der Waals surface area (Å²) in [5, 5.41) is 8.92. The van der Waals surface area contributed by atoms with Gasteiger partial charge in [0.2, 0.25) is 11.7 Å². The van der Waals surface area contributed by atoms with E-state index in [-0.39, 0.29) is 16.8 Å². The molecular formula is C28H24ClN5O8. The third-order valence-corrected chi connectivity index (χ3v) is 6.26. The van der Waals surface area contributed by atoms with Crippen molar-refractivity contribution in [1.29, 1.82) is 0 Å². The van der Waals surface area contributed by atoms with Gasteiger partial charge in [-0.15, -0.1) is 0 Å². The van der Waals surface area contributed by atoms with Gasteiger partial charge in [-0.3, -0.25) is 24.5 Å². The Kier molecular flexibility index (Phi) is 9.02. The fourth-order valence-corrected chi connectivity index (χ4v) is 4.04. The minimum Gasteiger partial charge on any atom is -0.493 e. The molecule has 0 bridgehead atoms. The van der Waals surface area contributed by atoms with Crippen LogP contribution in [0.5, 0.6) is 17.2 Å². The summed E-state index contributed by atoms with van der Waals surface area (Å²) in [6.07, 6.45) is 0.927. The Bertz CT molecular complexity index is 1550. The van der Waals surface area contributed by atoms with E-state index >= 15 is 0 Å². The minimum atomic E-state index is -1.47. The number of carbonyl (C=O) groups is 5. The van der Waals surface area contributed by atoms with E-state index in [0.29, 0.717) is 28.0 Å². The molecule has 13 nitrogen and oxygen atoms in total. The highest BCUT2D eigenvalue weighted by molar-refractivity contribution is 6.33. The van der Waals surface area contributed by atoms with Crippen LogP contribution in [0.3, 0.4) is 0 Å². The van der Waals surface area contributed by atoms with Gasteiger partial charge in [-0.2, -0.15) is 5.10 Å². The molecule has 42 heavy (non-hydrogen) atoms. The van der Waals surface area contributed by atoms with E-state index in [9.17, 15) is 24.0 Å². The standard InChI is InChI=1S/C28H24ClN5O8/c1-40-21-12-16(13-22(41-2)23(21)42-3)24(35)31-18-8-4-15(5-9-18)25(36)33-30-14-20-26(37)32-28(39)34(27(20)38)19-10-6-17(29)7-11-19/h4-14,20H,1-3H3,(H,31,35)(H,33,36)(H,32,37,39)/b30-14-/t20-/m0/s1. The number of benzene rings is 3. The number of hydrogen-bond donors (Lipinski definition) is 3. The molecule has 0 aliphatic carbocycles. The molecule has 0 spiro atoms. The number of hydrogen-bond acceptors (Lipinski definition) is 9. The van der Waals surface area contributed by atoms with Crippen LogP contribution in [0.25, 0.3) is 0 Å². The van der Waals surface area contributed by atoms with Crippen LogP contribution in [0.4, 0.5) is 16.2 Å². The quantitative estimate of drug-likeness (QED) is 0.193. The van der Waals surface area contributed by atoms with Gasteiger partial charge in [0.1, 0.15) is 0 Å². The van der Waals surface area contributed by atoms with E-state index in [1.165, 1.54) is 82.0 Å². The number of nitrogens with one attached hydrogen (secondary N) is 3. The van der Waals surface area contributed by atoms with Gasteiger partial charge in [-0.25, -0.2) is 15.1 Å². The first-order chi connectivity index (χ1) is 20.2. The Morgan fingerprint density at radius 3 is 2.07 bits per heavy atom. The van der Waals surface area contributed by atoms with Crippen molar-refractivity contribution in [1.82, 2.24) is 10.7 Å². The zero-order valence-corrected chi connectivity index (χ0v) is 23.2. The van der Waals surface area contributed by atoms with Gasteiger partial charge >= 0.3 is 6.03 Å². The Hall–Kier alpha value is -5.43. The molecular weight excluding hydrogens is 570 g/mol. The molecule has 1 saturated heterocycles. The largest absolute Gasteiger partial charge is 0.493 e. The number of nitrogens with zero attached hydrogens (tertiary/aromatic N) is 2. The Morgan fingerprint density at radius 2 is 1.50 bits per heavy atom. The van der Waals surface area contributed by atoms with Crippen molar-refractivity contribution in [3.63, 3.8) is 0 Å². The first-order valence-electron chi connectivity index (χ1n) is 12.2. The lowest BCUT2D eigenvalue weighted by atomic mass is 10.1. The molecule has 0 unspecified atom stereocenters. The van der Waals surface area contributed by atoms with Gasteiger partial charge in [-0.05, 0) is 60.7 Å². The summed E-state index contributed by atoms with van der Waals surface area (Å²) < 4.78 is 15.8. The fraction of sp³-hybridized carbons (Fsp3) is 0.143. The summed E-state index contributed by atoms with van der Waals surface area (Å²) in [5.41, 5.74) is 3.25. The van der Waals surface area contributed by atoms with Crippen LogP contribution < -0.4 is 35.2 Å². The molecule has 1 fully saturated rings. The second-order valence-electron chi connectivity index (χ2n) is 8.59. The molecule has 216 valence electrons. The van der Waals surface area contributed by atoms with E-state index in [1.807, 2.05) is 0 Å². The summed E-state index contributed by atoms with van der Waals surface area (Å²) in [6, 6.07) is 13.8. The maximum atomic E-state index is 12.9. The maximum Gasteiger partial charge on any atom is 0.335 e. The van der Waals surface area contributed by atoms with Gasteiger partial charge in [0.25, 0.3) is 17.7 Å². The third kappa shape index (κ3) is 6.31. The summed E-state index contributed by atoms with van der Waals surface area (Å²) in [4.78, 5) is 63.5. The molecule has 1 aliphatic heterocycles. The SMILES string of the molecule is COc1cc(C(=O)Nc2ccc(C(=O)N/N=C\[C@H]3C(=O)NC(=O)N(c4ccc(Cl)cc4)C3=O)cc2)cc(OC)c1OC. The first-order valence-corrected chi connectivity index (χ1v) is 12.5. The number of rotatable bonds is 9. The Balaban J connectivity index is 1.39. The number of anilines is 2. The number of barbiturate groups is 1. The molecule has 6 amide bonds. The third-order valence-electron chi connectivity index (χ3n) is 6.01. The molecule has 14 heteroatoms. The molecule has 0 saturated carbocycles. The molecule has 3 N–H and O–H groups in total.